The molecule has 0 aliphatic carbocycles. The number of halogens is 1. The number of benzene rings is 1. The van der Waals surface area contributed by atoms with Crippen LogP contribution in [0.1, 0.15) is 6.42 Å². The van der Waals surface area contributed by atoms with E-state index in [1.165, 1.54) is 11.0 Å². The molecule has 0 aliphatic heterocycles. The number of nitro groups is 1. The first kappa shape index (κ1) is 12.9. The number of non-ortho nitro benzene ring substituents is 1. The number of hydrogen-bond donors (Lipinski definition) is 1. The molecule has 1 N–H and O–H groups in total. The fourth-order valence-electron chi connectivity index (χ4n) is 1.28. The minimum absolute atomic E-state index is 0.124. The lowest BCUT2D eigenvalue weighted by Gasteiger charge is -2.17. The molecule has 0 saturated carbocycles. The molecule has 6 nitrogen and oxygen atoms in total. The Kier molecular flexibility index (Phi) is 3.97. The third kappa shape index (κ3) is 3.71. The van der Waals surface area contributed by atoms with Gasteiger partial charge in [-0.3, -0.25) is 14.9 Å². The van der Waals surface area contributed by atoms with Gasteiger partial charge < -0.3 is 10.0 Å². The predicted molar refractivity (Wildman–Crippen MR) is 58.6 cm³/mol. The number of nitrogens with zero attached hydrogens (tertiary/aromatic N) is 2. The van der Waals surface area contributed by atoms with Crippen LogP contribution in [0.25, 0.3) is 0 Å². The van der Waals surface area contributed by atoms with E-state index in [2.05, 4.69) is 0 Å². The van der Waals surface area contributed by atoms with Crippen molar-refractivity contribution in [2.75, 3.05) is 18.5 Å². The van der Waals surface area contributed by atoms with E-state index in [4.69, 9.17) is 5.11 Å². The second kappa shape index (κ2) is 5.24. The van der Waals surface area contributed by atoms with E-state index in [-0.39, 0.29) is 24.3 Å². The normalized spacial score (nSPS) is 10.0. The van der Waals surface area contributed by atoms with E-state index in [1.807, 2.05) is 0 Å². The first-order valence-corrected chi connectivity index (χ1v) is 4.78. The van der Waals surface area contributed by atoms with Crippen LogP contribution in [0.15, 0.2) is 18.2 Å². The van der Waals surface area contributed by atoms with Gasteiger partial charge in [0.15, 0.2) is 0 Å². The van der Waals surface area contributed by atoms with E-state index in [0.717, 1.165) is 12.1 Å². The second-order valence-electron chi connectivity index (χ2n) is 3.49. The first-order chi connectivity index (χ1) is 7.90. The lowest BCUT2D eigenvalue weighted by atomic mass is 10.2. The van der Waals surface area contributed by atoms with Crippen molar-refractivity contribution in [2.24, 2.45) is 0 Å². The molecule has 0 aromatic heterocycles. The van der Waals surface area contributed by atoms with Crippen LogP contribution < -0.4 is 4.90 Å². The average molecular weight is 242 g/mol. The van der Waals surface area contributed by atoms with Gasteiger partial charge >= 0.3 is 5.97 Å². The highest BCUT2D eigenvalue weighted by molar-refractivity contribution is 5.67. The standard InChI is InChI=1S/C10H11FN2O4/c1-12(3-2-10(14)15)8-4-7(11)5-9(6-8)13(16)17/h4-6H,2-3H2,1H3,(H,14,15). The van der Waals surface area contributed by atoms with Crippen LogP contribution in [0, 0.1) is 15.9 Å². The molecular weight excluding hydrogens is 231 g/mol. The fraction of sp³-hybridized carbons (Fsp3) is 0.300. The lowest BCUT2D eigenvalue weighted by molar-refractivity contribution is -0.385. The summed E-state index contributed by atoms with van der Waals surface area (Å²) in [5.74, 6) is -1.71. The predicted octanol–water partition coefficient (Wildman–Crippen LogP) is 1.64. The molecule has 1 aromatic carbocycles. The molecule has 0 aliphatic rings. The number of aliphatic carboxylic acids is 1. The van der Waals surface area contributed by atoms with Gasteiger partial charge in [0.2, 0.25) is 0 Å². The highest BCUT2D eigenvalue weighted by atomic mass is 19.1. The summed E-state index contributed by atoms with van der Waals surface area (Å²) in [5.41, 5.74) is -0.0832. The van der Waals surface area contributed by atoms with Gasteiger partial charge in [0.25, 0.3) is 5.69 Å². The third-order valence-corrected chi connectivity index (χ3v) is 2.18. The molecule has 0 fully saturated rings. The van der Waals surface area contributed by atoms with Gasteiger partial charge in [0.1, 0.15) is 5.82 Å². The van der Waals surface area contributed by atoms with Gasteiger partial charge in [-0.1, -0.05) is 0 Å². The molecular formula is C10H11FN2O4. The molecule has 0 unspecified atom stereocenters. The second-order valence-corrected chi connectivity index (χ2v) is 3.49. The van der Waals surface area contributed by atoms with E-state index in [9.17, 15) is 19.3 Å². The Balaban J connectivity index is 2.89. The van der Waals surface area contributed by atoms with Crippen molar-refractivity contribution in [3.05, 3.63) is 34.1 Å². The van der Waals surface area contributed by atoms with Crippen molar-refractivity contribution in [1.29, 1.82) is 0 Å². The topological polar surface area (TPSA) is 83.7 Å². The van der Waals surface area contributed by atoms with Crippen molar-refractivity contribution >= 4 is 17.3 Å². The number of carbonyl (C=O) groups is 1. The van der Waals surface area contributed by atoms with E-state index in [0.29, 0.717) is 0 Å². The van der Waals surface area contributed by atoms with Crippen LogP contribution in [0.2, 0.25) is 0 Å². The lowest BCUT2D eigenvalue weighted by Crippen LogP contribution is -2.21. The van der Waals surface area contributed by atoms with E-state index in [1.54, 1.807) is 7.05 Å². The Morgan fingerprint density at radius 1 is 1.53 bits per heavy atom. The quantitative estimate of drug-likeness (QED) is 0.626. The van der Waals surface area contributed by atoms with Crippen molar-refractivity contribution in [2.45, 2.75) is 6.42 Å². The zero-order valence-corrected chi connectivity index (χ0v) is 9.09. The summed E-state index contributed by atoms with van der Waals surface area (Å²) in [4.78, 5) is 21.6. The third-order valence-electron chi connectivity index (χ3n) is 2.18. The zero-order chi connectivity index (χ0) is 13.0. The molecule has 0 saturated heterocycles. The van der Waals surface area contributed by atoms with Gasteiger partial charge in [-0.25, -0.2) is 4.39 Å². The molecule has 0 atom stereocenters. The number of nitro benzene ring substituents is 1. The summed E-state index contributed by atoms with van der Waals surface area (Å²) >= 11 is 0. The molecule has 17 heavy (non-hydrogen) atoms. The Hall–Kier alpha value is -2.18. The maximum atomic E-state index is 13.1. The molecule has 92 valence electrons. The molecule has 0 amide bonds. The summed E-state index contributed by atoms with van der Waals surface area (Å²) in [6.07, 6.45) is -0.124. The molecule has 0 spiro atoms. The number of anilines is 1. The summed E-state index contributed by atoms with van der Waals surface area (Å²) in [6.45, 7) is 0.149. The number of carboxylic acid groups (broad SMARTS) is 1. The van der Waals surface area contributed by atoms with Crippen LogP contribution in [0.4, 0.5) is 15.8 Å². The fourth-order valence-corrected chi connectivity index (χ4v) is 1.28. The van der Waals surface area contributed by atoms with Crippen molar-refractivity contribution in [3.63, 3.8) is 0 Å². The van der Waals surface area contributed by atoms with Crippen LogP contribution in [-0.4, -0.2) is 29.6 Å². The van der Waals surface area contributed by atoms with Crippen LogP contribution in [0.5, 0.6) is 0 Å². The van der Waals surface area contributed by atoms with Crippen molar-refractivity contribution < 1.29 is 19.2 Å². The smallest absolute Gasteiger partial charge is 0.305 e. The van der Waals surface area contributed by atoms with Crippen LogP contribution >= 0.6 is 0 Å². The molecule has 7 heteroatoms. The maximum Gasteiger partial charge on any atom is 0.305 e. The molecule has 0 heterocycles. The molecule has 0 radical (unpaired) electrons. The Bertz CT molecular complexity index is 450. The largest absolute Gasteiger partial charge is 0.481 e. The van der Waals surface area contributed by atoms with Gasteiger partial charge in [-0.2, -0.15) is 0 Å². The summed E-state index contributed by atoms with van der Waals surface area (Å²) in [6, 6.07) is 3.13. The van der Waals surface area contributed by atoms with Gasteiger partial charge in [-0.15, -0.1) is 0 Å². The van der Waals surface area contributed by atoms with Gasteiger partial charge in [-0.05, 0) is 6.07 Å². The summed E-state index contributed by atoms with van der Waals surface area (Å²) in [7, 11) is 1.54. The SMILES string of the molecule is CN(CCC(=O)O)c1cc(F)cc([N+](=O)[O-])c1. The maximum absolute atomic E-state index is 13.1. The minimum Gasteiger partial charge on any atom is -0.481 e. The van der Waals surface area contributed by atoms with E-state index >= 15 is 0 Å². The van der Waals surface area contributed by atoms with E-state index < -0.39 is 16.7 Å². The highest BCUT2D eigenvalue weighted by Gasteiger charge is 2.12. The first-order valence-electron chi connectivity index (χ1n) is 4.78. The molecule has 1 aromatic rings. The Labute approximate surface area is 96.4 Å². The van der Waals surface area contributed by atoms with Crippen molar-refractivity contribution in [3.8, 4) is 0 Å². The molecule has 0 bridgehead atoms. The number of hydrogen-bond acceptors (Lipinski definition) is 4. The van der Waals surface area contributed by atoms with Gasteiger partial charge in [0, 0.05) is 25.3 Å². The summed E-state index contributed by atoms with van der Waals surface area (Å²) in [5, 5.41) is 19.0. The summed E-state index contributed by atoms with van der Waals surface area (Å²) < 4.78 is 13.1. The van der Waals surface area contributed by atoms with Crippen LogP contribution in [-0.2, 0) is 4.79 Å². The monoisotopic (exact) mass is 242 g/mol. The highest BCUT2D eigenvalue weighted by Crippen LogP contribution is 2.22. The number of rotatable bonds is 5. The Morgan fingerprint density at radius 2 is 2.18 bits per heavy atom. The van der Waals surface area contributed by atoms with Crippen LogP contribution in [0.3, 0.4) is 0 Å². The zero-order valence-electron chi connectivity index (χ0n) is 9.09. The molecule has 1 rings (SSSR count). The Morgan fingerprint density at radius 3 is 2.71 bits per heavy atom. The average Bonchev–Trinajstić information content (AvgIpc) is 2.24. The van der Waals surface area contributed by atoms with Gasteiger partial charge in [0.05, 0.1) is 17.4 Å². The number of carboxylic acids is 1. The minimum atomic E-state index is -0.984. The van der Waals surface area contributed by atoms with Crippen molar-refractivity contribution in [1.82, 2.24) is 0 Å².